The molecule has 0 aliphatic rings. The van der Waals surface area contributed by atoms with Crippen molar-refractivity contribution in [2.45, 2.75) is 46.1 Å². The number of nitrogens with zero attached hydrogens (tertiary/aromatic N) is 3. The van der Waals surface area contributed by atoms with E-state index in [0.717, 1.165) is 23.5 Å². The van der Waals surface area contributed by atoms with E-state index in [-0.39, 0.29) is 10.6 Å². The minimum absolute atomic E-state index is 0.0400. The lowest BCUT2D eigenvalue weighted by molar-refractivity contribution is -0.384. The normalized spacial score (nSPS) is 13.0. The molecule has 0 aliphatic heterocycles. The number of nitro groups is 1. The second kappa shape index (κ2) is 9.80. The van der Waals surface area contributed by atoms with Crippen LogP contribution in [0.3, 0.4) is 0 Å². The number of unbranched alkanes of at least 4 members (excludes halogenated alkanes) is 1. The van der Waals surface area contributed by atoms with Crippen molar-refractivity contribution < 1.29 is 4.92 Å². The number of para-hydroxylation sites is 2. The van der Waals surface area contributed by atoms with Crippen molar-refractivity contribution in [3.8, 4) is 10.6 Å². The molecule has 2 heterocycles. The Hall–Kier alpha value is -2.25. The highest BCUT2D eigenvalue weighted by atomic mass is 32.1. The summed E-state index contributed by atoms with van der Waals surface area (Å²) in [5.41, 5.74) is 1.59. The van der Waals surface area contributed by atoms with Crippen LogP contribution in [0.25, 0.3) is 10.6 Å². The van der Waals surface area contributed by atoms with Gasteiger partial charge in [-0.25, -0.2) is 4.99 Å². The van der Waals surface area contributed by atoms with E-state index in [4.69, 9.17) is 4.99 Å². The average Bonchev–Trinajstić information content (AvgIpc) is 3.35. The van der Waals surface area contributed by atoms with Crippen LogP contribution in [-0.2, 0) is 6.54 Å². The van der Waals surface area contributed by atoms with Crippen molar-refractivity contribution in [1.82, 2.24) is 4.57 Å². The molecule has 0 spiro atoms. The molecule has 5 nitrogen and oxygen atoms in total. The fraction of sp³-hybridized carbons (Fsp3) is 0.381. The number of thiazole rings is 1. The molecule has 7 heteroatoms. The van der Waals surface area contributed by atoms with E-state index >= 15 is 0 Å². The van der Waals surface area contributed by atoms with Gasteiger partial charge < -0.3 is 4.57 Å². The maximum atomic E-state index is 11.4. The van der Waals surface area contributed by atoms with E-state index in [2.05, 4.69) is 41.3 Å². The van der Waals surface area contributed by atoms with E-state index in [1.165, 1.54) is 30.2 Å². The van der Waals surface area contributed by atoms with Gasteiger partial charge in [0.15, 0.2) is 4.80 Å². The Labute approximate surface area is 173 Å². The van der Waals surface area contributed by atoms with Gasteiger partial charge in [-0.15, -0.1) is 22.7 Å². The van der Waals surface area contributed by atoms with Gasteiger partial charge in [0.05, 0.1) is 15.5 Å². The van der Waals surface area contributed by atoms with Gasteiger partial charge in [-0.2, -0.15) is 0 Å². The summed E-state index contributed by atoms with van der Waals surface area (Å²) in [5.74, 6) is 0.568. The van der Waals surface area contributed by atoms with Crippen molar-refractivity contribution in [3.05, 3.63) is 62.1 Å². The Morgan fingerprint density at radius 1 is 1.18 bits per heavy atom. The maximum Gasteiger partial charge on any atom is 0.294 e. The fourth-order valence-electron chi connectivity index (χ4n) is 3.21. The number of aromatic nitrogens is 1. The third-order valence-electron chi connectivity index (χ3n) is 4.85. The summed E-state index contributed by atoms with van der Waals surface area (Å²) in [6, 6.07) is 10.9. The van der Waals surface area contributed by atoms with Gasteiger partial charge >= 0.3 is 0 Å². The molecule has 0 bridgehead atoms. The maximum absolute atomic E-state index is 11.4. The first-order valence-electron chi connectivity index (χ1n) is 9.64. The lowest BCUT2D eigenvalue weighted by Crippen LogP contribution is -2.21. The van der Waals surface area contributed by atoms with Gasteiger partial charge in [0.25, 0.3) is 5.69 Å². The first-order chi connectivity index (χ1) is 13.6. The van der Waals surface area contributed by atoms with Crippen LogP contribution in [0.4, 0.5) is 11.4 Å². The zero-order chi connectivity index (χ0) is 19.9. The molecule has 28 heavy (non-hydrogen) atoms. The Bertz CT molecular complexity index is 974. The summed E-state index contributed by atoms with van der Waals surface area (Å²) in [4.78, 5) is 17.7. The molecule has 0 saturated carbocycles. The molecule has 0 fully saturated rings. The Morgan fingerprint density at radius 2 is 2.00 bits per heavy atom. The van der Waals surface area contributed by atoms with Crippen molar-refractivity contribution in [1.29, 1.82) is 0 Å². The third kappa shape index (κ3) is 4.77. The fourth-order valence-corrected chi connectivity index (χ4v) is 4.96. The monoisotopic (exact) mass is 415 g/mol. The third-order valence-corrected chi connectivity index (χ3v) is 6.61. The van der Waals surface area contributed by atoms with E-state index < -0.39 is 0 Å². The molecule has 0 aliphatic carbocycles. The van der Waals surface area contributed by atoms with Crippen LogP contribution in [0.2, 0.25) is 0 Å². The highest BCUT2D eigenvalue weighted by Crippen LogP contribution is 2.29. The van der Waals surface area contributed by atoms with Crippen LogP contribution < -0.4 is 4.80 Å². The molecule has 0 radical (unpaired) electrons. The zero-order valence-electron chi connectivity index (χ0n) is 16.2. The summed E-state index contributed by atoms with van der Waals surface area (Å²) in [5, 5.41) is 15.6. The molecular weight excluding hydrogens is 390 g/mol. The van der Waals surface area contributed by atoms with Crippen LogP contribution >= 0.6 is 22.7 Å². The number of benzene rings is 1. The highest BCUT2D eigenvalue weighted by molar-refractivity contribution is 7.14. The quantitative estimate of drug-likeness (QED) is 0.291. The molecule has 2 aromatic heterocycles. The first-order valence-corrected chi connectivity index (χ1v) is 11.4. The molecule has 1 unspecified atom stereocenters. The summed E-state index contributed by atoms with van der Waals surface area (Å²) in [7, 11) is 0. The molecule has 1 aromatic carbocycles. The average molecular weight is 416 g/mol. The van der Waals surface area contributed by atoms with E-state index in [1.807, 2.05) is 0 Å². The van der Waals surface area contributed by atoms with Gasteiger partial charge in [-0.05, 0) is 29.9 Å². The lowest BCUT2D eigenvalue weighted by atomic mass is 9.99. The topological polar surface area (TPSA) is 60.4 Å². The summed E-state index contributed by atoms with van der Waals surface area (Å²) < 4.78 is 2.25. The second-order valence-electron chi connectivity index (χ2n) is 6.77. The van der Waals surface area contributed by atoms with Crippen molar-refractivity contribution >= 4 is 34.0 Å². The zero-order valence-corrected chi connectivity index (χ0v) is 17.8. The van der Waals surface area contributed by atoms with E-state index in [9.17, 15) is 10.1 Å². The standard InChI is InChI=1S/C21H25N3O2S2/c1-3-5-9-16(4-2)14-23-19(20-12-8-13-27-20)15-28-21(23)22-17-10-6-7-11-18(17)24(25)26/h6-8,10-13,15-16H,3-5,9,14H2,1-2H3. The molecule has 0 N–H and O–H groups in total. The molecule has 3 rings (SSSR count). The van der Waals surface area contributed by atoms with Gasteiger partial charge in [0, 0.05) is 18.0 Å². The van der Waals surface area contributed by atoms with Crippen molar-refractivity contribution in [3.63, 3.8) is 0 Å². The van der Waals surface area contributed by atoms with Crippen LogP contribution in [-0.4, -0.2) is 9.49 Å². The van der Waals surface area contributed by atoms with Gasteiger partial charge in [0.2, 0.25) is 0 Å². The molecule has 1 atom stereocenters. The summed E-state index contributed by atoms with van der Waals surface area (Å²) in [6.45, 7) is 5.33. The summed E-state index contributed by atoms with van der Waals surface area (Å²) in [6.07, 6.45) is 4.70. The largest absolute Gasteiger partial charge is 0.315 e. The van der Waals surface area contributed by atoms with E-state index in [1.54, 1.807) is 40.9 Å². The number of thiophene rings is 1. The Balaban J connectivity index is 2.08. The number of rotatable bonds is 9. The second-order valence-corrected chi connectivity index (χ2v) is 8.55. The van der Waals surface area contributed by atoms with Crippen molar-refractivity contribution in [2.24, 2.45) is 10.9 Å². The Kier molecular flexibility index (Phi) is 7.17. The Morgan fingerprint density at radius 3 is 2.68 bits per heavy atom. The SMILES string of the molecule is CCCCC(CC)Cn1c(-c2cccs2)csc1=Nc1ccccc1[N+](=O)[O-]. The lowest BCUT2D eigenvalue weighted by Gasteiger charge is -2.17. The number of nitro benzene ring substituents is 1. The van der Waals surface area contributed by atoms with Crippen LogP contribution in [0, 0.1) is 16.0 Å². The number of hydrogen-bond donors (Lipinski definition) is 0. The molecular formula is C21H25N3O2S2. The minimum Gasteiger partial charge on any atom is -0.315 e. The smallest absolute Gasteiger partial charge is 0.294 e. The number of hydrogen-bond acceptors (Lipinski definition) is 5. The molecule has 0 amide bonds. The van der Waals surface area contributed by atoms with Crippen molar-refractivity contribution in [2.75, 3.05) is 0 Å². The summed E-state index contributed by atoms with van der Waals surface area (Å²) >= 11 is 3.25. The van der Waals surface area contributed by atoms with Gasteiger partial charge in [0.1, 0.15) is 5.69 Å². The molecule has 148 valence electrons. The van der Waals surface area contributed by atoms with Crippen LogP contribution in [0.15, 0.2) is 52.2 Å². The van der Waals surface area contributed by atoms with E-state index in [0.29, 0.717) is 11.6 Å². The first kappa shape index (κ1) is 20.5. The predicted octanol–water partition coefficient (Wildman–Crippen LogP) is 6.64. The van der Waals surface area contributed by atoms with Crippen LogP contribution in [0.5, 0.6) is 0 Å². The highest BCUT2D eigenvalue weighted by Gasteiger charge is 2.16. The minimum atomic E-state index is -0.368. The predicted molar refractivity (Wildman–Crippen MR) is 117 cm³/mol. The van der Waals surface area contributed by atoms with Gasteiger partial charge in [-0.1, -0.05) is 51.3 Å². The van der Waals surface area contributed by atoms with Gasteiger partial charge in [-0.3, -0.25) is 10.1 Å². The van der Waals surface area contributed by atoms with Crippen LogP contribution in [0.1, 0.15) is 39.5 Å². The molecule has 0 saturated heterocycles. The molecule has 3 aromatic rings.